The van der Waals surface area contributed by atoms with Crippen LogP contribution >= 0.6 is 11.3 Å². The van der Waals surface area contributed by atoms with E-state index in [0.717, 1.165) is 30.6 Å². The van der Waals surface area contributed by atoms with Crippen LogP contribution in [0.3, 0.4) is 0 Å². The maximum atomic E-state index is 11.7. The van der Waals surface area contributed by atoms with Crippen LogP contribution in [0.1, 0.15) is 39.8 Å². The Balaban J connectivity index is 1.56. The van der Waals surface area contributed by atoms with E-state index >= 15 is 0 Å². The van der Waals surface area contributed by atoms with Gasteiger partial charge in [-0.3, -0.25) is 4.90 Å². The molecule has 1 atom stereocenters. The first-order chi connectivity index (χ1) is 12.2. The Morgan fingerprint density at radius 3 is 3.00 bits per heavy atom. The number of methoxy groups -OCH3 is 1. The van der Waals surface area contributed by atoms with Gasteiger partial charge in [0.2, 0.25) is 0 Å². The topological polar surface area (TPSA) is 42.4 Å². The van der Waals surface area contributed by atoms with E-state index in [4.69, 9.17) is 9.72 Å². The molecule has 4 nitrogen and oxygen atoms in total. The van der Waals surface area contributed by atoms with Gasteiger partial charge in [0.05, 0.1) is 28.9 Å². The van der Waals surface area contributed by atoms with Crippen LogP contribution in [0.2, 0.25) is 0 Å². The fraction of sp³-hybridized carbons (Fsp3) is 0.300. The van der Waals surface area contributed by atoms with Crippen molar-refractivity contribution in [2.75, 3.05) is 13.7 Å². The number of rotatable bonds is 4. The summed E-state index contributed by atoms with van der Waals surface area (Å²) in [6, 6.07) is 16.4. The van der Waals surface area contributed by atoms with Crippen molar-refractivity contribution in [3.63, 3.8) is 0 Å². The van der Waals surface area contributed by atoms with Gasteiger partial charge < -0.3 is 4.74 Å². The maximum absolute atomic E-state index is 11.7. The second kappa shape index (κ2) is 6.94. The standard InChI is InChI=1S/C20H20N2O2S/c1-24-20(23)15-7-4-6-14(12-15)13-22-11-5-9-17(22)19-21-16-8-2-3-10-18(16)25-19/h2-4,6-8,10,12,17H,5,9,11,13H2,1H3. The number of fused-ring (bicyclic) bond motifs is 1. The first-order valence-corrected chi connectivity index (χ1v) is 9.33. The van der Waals surface area contributed by atoms with Gasteiger partial charge in [-0.15, -0.1) is 11.3 Å². The van der Waals surface area contributed by atoms with E-state index in [1.165, 1.54) is 23.2 Å². The molecule has 0 spiro atoms. The molecule has 0 bridgehead atoms. The number of para-hydroxylation sites is 1. The Kier molecular flexibility index (Phi) is 4.51. The van der Waals surface area contributed by atoms with Crippen LogP contribution in [0.25, 0.3) is 10.2 Å². The molecule has 1 aliphatic rings. The van der Waals surface area contributed by atoms with E-state index in [2.05, 4.69) is 29.2 Å². The van der Waals surface area contributed by atoms with Crippen LogP contribution in [0.4, 0.5) is 0 Å². The summed E-state index contributed by atoms with van der Waals surface area (Å²) >= 11 is 1.79. The second-order valence-corrected chi connectivity index (χ2v) is 7.40. The number of likely N-dealkylation sites (tertiary alicyclic amines) is 1. The van der Waals surface area contributed by atoms with Crippen LogP contribution in [-0.2, 0) is 11.3 Å². The zero-order valence-electron chi connectivity index (χ0n) is 14.1. The molecule has 5 heteroatoms. The van der Waals surface area contributed by atoms with E-state index in [1.807, 2.05) is 18.2 Å². The molecule has 0 amide bonds. The lowest BCUT2D eigenvalue weighted by atomic mass is 10.1. The van der Waals surface area contributed by atoms with Gasteiger partial charge in [-0.1, -0.05) is 24.3 Å². The molecule has 1 aromatic heterocycles. The highest BCUT2D eigenvalue weighted by Crippen LogP contribution is 2.37. The van der Waals surface area contributed by atoms with Crippen molar-refractivity contribution in [1.82, 2.24) is 9.88 Å². The minimum Gasteiger partial charge on any atom is -0.465 e. The second-order valence-electron chi connectivity index (χ2n) is 6.34. The monoisotopic (exact) mass is 352 g/mol. The number of ether oxygens (including phenoxy) is 1. The molecule has 2 heterocycles. The number of nitrogens with zero attached hydrogens (tertiary/aromatic N) is 2. The molecule has 1 saturated heterocycles. The highest BCUT2D eigenvalue weighted by molar-refractivity contribution is 7.18. The van der Waals surface area contributed by atoms with Crippen LogP contribution in [0.15, 0.2) is 48.5 Å². The predicted octanol–water partition coefficient (Wildman–Crippen LogP) is 4.42. The Morgan fingerprint density at radius 2 is 2.16 bits per heavy atom. The summed E-state index contributed by atoms with van der Waals surface area (Å²) in [5.41, 5.74) is 2.83. The third-order valence-electron chi connectivity index (χ3n) is 4.69. The fourth-order valence-corrected chi connectivity index (χ4v) is 4.61. The summed E-state index contributed by atoms with van der Waals surface area (Å²) in [7, 11) is 1.42. The van der Waals surface area contributed by atoms with Gasteiger partial charge in [0, 0.05) is 6.54 Å². The third kappa shape index (κ3) is 3.30. The number of carbonyl (C=O) groups excluding carboxylic acids is 1. The molecular weight excluding hydrogens is 332 g/mol. The van der Waals surface area contributed by atoms with Crippen molar-refractivity contribution in [2.45, 2.75) is 25.4 Å². The van der Waals surface area contributed by atoms with Gasteiger partial charge >= 0.3 is 5.97 Å². The summed E-state index contributed by atoms with van der Waals surface area (Å²) in [4.78, 5) is 19.1. The van der Waals surface area contributed by atoms with Crippen molar-refractivity contribution in [3.8, 4) is 0 Å². The molecule has 1 unspecified atom stereocenters. The zero-order valence-corrected chi connectivity index (χ0v) is 15.0. The highest BCUT2D eigenvalue weighted by atomic mass is 32.1. The smallest absolute Gasteiger partial charge is 0.337 e. The first-order valence-electron chi connectivity index (χ1n) is 8.51. The minimum atomic E-state index is -0.286. The number of carbonyl (C=O) groups is 1. The molecule has 25 heavy (non-hydrogen) atoms. The summed E-state index contributed by atoms with van der Waals surface area (Å²) in [5.74, 6) is -0.286. The molecule has 0 aliphatic carbocycles. The molecule has 0 saturated carbocycles. The van der Waals surface area contributed by atoms with Crippen molar-refractivity contribution < 1.29 is 9.53 Å². The van der Waals surface area contributed by atoms with Crippen LogP contribution in [-0.4, -0.2) is 29.5 Å². The number of aromatic nitrogens is 1. The van der Waals surface area contributed by atoms with Crippen LogP contribution in [0.5, 0.6) is 0 Å². The van der Waals surface area contributed by atoms with E-state index in [1.54, 1.807) is 17.4 Å². The van der Waals surface area contributed by atoms with Crippen molar-refractivity contribution in [2.24, 2.45) is 0 Å². The average molecular weight is 352 g/mol. The molecule has 128 valence electrons. The first kappa shape index (κ1) is 16.2. The zero-order chi connectivity index (χ0) is 17.2. The van der Waals surface area contributed by atoms with E-state index in [0.29, 0.717) is 11.6 Å². The van der Waals surface area contributed by atoms with Crippen LogP contribution < -0.4 is 0 Å². The van der Waals surface area contributed by atoms with Crippen molar-refractivity contribution in [3.05, 3.63) is 64.7 Å². The minimum absolute atomic E-state index is 0.286. The Morgan fingerprint density at radius 1 is 1.28 bits per heavy atom. The number of thiazole rings is 1. The van der Waals surface area contributed by atoms with Gasteiger partial charge in [-0.05, 0) is 49.2 Å². The van der Waals surface area contributed by atoms with Gasteiger partial charge in [-0.25, -0.2) is 9.78 Å². The van der Waals surface area contributed by atoms with Gasteiger partial charge in [0.1, 0.15) is 5.01 Å². The fourth-order valence-electron chi connectivity index (χ4n) is 3.48. The Bertz CT molecular complexity index is 872. The van der Waals surface area contributed by atoms with Gasteiger partial charge in [0.25, 0.3) is 0 Å². The number of hydrogen-bond donors (Lipinski definition) is 0. The predicted molar refractivity (Wildman–Crippen MR) is 99.8 cm³/mol. The normalized spacial score (nSPS) is 17.9. The maximum Gasteiger partial charge on any atom is 0.337 e. The van der Waals surface area contributed by atoms with Gasteiger partial charge in [0.15, 0.2) is 0 Å². The van der Waals surface area contributed by atoms with Crippen LogP contribution in [0, 0.1) is 0 Å². The third-order valence-corrected chi connectivity index (χ3v) is 5.83. The number of hydrogen-bond acceptors (Lipinski definition) is 5. The van der Waals surface area contributed by atoms with Gasteiger partial charge in [-0.2, -0.15) is 0 Å². The molecule has 3 aromatic rings. The Labute approximate surface area is 151 Å². The quantitative estimate of drug-likeness (QED) is 0.652. The number of esters is 1. The molecule has 1 aliphatic heterocycles. The van der Waals surface area contributed by atoms with E-state index < -0.39 is 0 Å². The molecule has 4 rings (SSSR count). The lowest BCUT2D eigenvalue weighted by Crippen LogP contribution is -2.22. The molecule has 0 N–H and O–H groups in total. The molecular formula is C20H20N2O2S. The lowest BCUT2D eigenvalue weighted by Gasteiger charge is -2.23. The summed E-state index contributed by atoms with van der Waals surface area (Å²) in [6.45, 7) is 1.88. The summed E-state index contributed by atoms with van der Waals surface area (Å²) in [6.07, 6.45) is 2.31. The lowest BCUT2D eigenvalue weighted by molar-refractivity contribution is 0.0600. The number of benzene rings is 2. The van der Waals surface area contributed by atoms with Crippen molar-refractivity contribution in [1.29, 1.82) is 0 Å². The SMILES string of the molecule is COC(=O)c1cccc(CN2CCCC2c2nc3ccccc3s2)c1. The van der Waals surface area contributed by atoms with E-state index in [9.17, 15) is 4.79 Å². The Hall–Kier alpha value is -2.24. The molecule has 2 aromatic carbocycles. The highest BCUT2D eigenvalue weighted by Gasteiger charge is 2.28. The molecule has 1 fully saturated rings. The summed E-state index contributed by atoms with van der Waals surface area (Å²) in [5, 5.41) is 1.20. The van der Waals surface area contributed by atoms with E-state index in [-0.39, 0.29) is 5.97 Å². The molecule has 0 radical (unpaired) electrons. The largest absolute Gasteiger partial charge is 0.465 e. The van der Waals surface area contributed by atoms with Crippen molar-refractivity contribution >= 4 is 27.5 Å². The average Bonchev–Trinajstić information content (AvgIpc) is 3.27. The summed E-state index contributed by atoms with van der Waals surface area (Å²) < 4.78 is 6.07.